The highest BCUT2D eigenvalue weighted by Crippen LogP contribution is 2.33. The second-order valence-corrected chi connectivity index (χ2v) is 6.00. The summed E-state index contributed by atoms with van der Waals surface area (Å²) in [7, 11) is 0. The van der Waals surface area contributed by atoms with E-state index in [0.717, 1.165) is 44.9 Å². The molecule has 0 aliphatic heterocycles. The van der Waals surface area contributed by atoms with Crippen molar-refractivity contribution in [3.05, 3.63) is 65.6 Å². The number of nitrogens with zero attached hydrogens (tertiary/aromatic N) is 2. The highest BCUT2D eigenvalue weighted by molar-refractivity contribution is 5.93. The van der Waals surface area contributed by atoms with Crippen LogP contribution in [0.25, 0.3) is 22.2 Å². The zero-order chi connectivity index (χ0) is 17.4. The molecule has 4 rings (SSSR count). The molecule has 2 aromatic carbocycles. The van der Waals surface area contributed by atoms with Crippen molar-refractivity contribution in [2.24, 2.45) is 0 Å². The van der Waals surface area contributed by atoms with Crippen molar-refractivity contribution < 1.29 is 8.91 Å². The molecule has 2 heterocycles. The minimum Gasteiger partial charge on any atom is -0.379 e. The van der Waals surface area contributed by atoms with Crippen LogP contribution in [0.1, 0.15) is 24.4 Å². The molecule has 26 heavy (non-hydrogen) atoms. The van der Waals surface area contributed by atoms with Gasteiger partial charge in [0.05, 0.1) is 23.2 Å². The van der Waals surface area contributed by atoms with Crippen LogP contribution in [0.2, 0.25) is 0 Å². The number of anilines is 1. The van der Waals surface area contributed by atoms with E-state index < -0.39 is 0 Å². The third-order valence-corrected chi connectivity index (χ3v) is 4.24. The molecule has 0 saturated carbocycles. The Morgan fingerprint density at radius 1 is 1.15 bits per heavy atom. The lowest BCUT2D eigenvalue weighted by Gasteiger charge is -2.10. The van der Waals surface area contributed by atoms with E-state index in [0.29, 0.717) is 6.54 Å². The first-order chi connectivity index (χ1) is 12.1. The molecule has 2 aromatic heterocycles. The number of rotatable bonds is 4. The molecule has 0 amide bonds. The number of hydrogen-bond acceptors (Lipinski definition) is 4. The molecular formula is C20H21FN4O. The summed E-state index contributed by atoms with van der Waals surface area (Å²) in [5.41, 5.74) is 6.53. The molecule has 0 bridgehead atoms. The van der Waals surface area contributed by atoms with Gasteiger partial charge in [-0.2, -0.15) is 0 Å². The number of hydrogen-bond donors (Lipinski definition) is 2. The monoisotopic (exact) mass is 352 g/mol. The molecule has 0 spiro atoms. The summed E-state index contributed by atoms with van der Waals surface area (Å²) >= 11 is 0. The maximum Gasteiger partial charge on any atom is 0.141 e. The van der Waals surface area contributed by atoms with Crippen LogP contribution >= 0.6 is 0 Å². The summed E-state index contributed by atoms with van der Waals surface area (Å²) in [6, 6.07) is 10.5. The van der Waals surface area contributed by atoms with Crippen LogP contribution in [0.4, 0.5) is 10.1 Å². The molecule has 2 N–H and O–H groups in total. The highest BCUT2D eigenvalue weighted by atomic mass is 19.1. The average Bonchev–Trinajstić information content (AvgIpc) is 3.20. The van der Waals surface area contributed by atoms with Gasteiger partial charge < -0.3 is 14.8 Å². The highest BCUT2D eigenvalue weighted by Gasteiger charge is 2.15. The maximum atomic E-state index is 13.1. The maximum absolute atomic E-state index is 13.1. The summed E-state index contributed by atoms with van der Waals surface area (Å²) < 4.78 is 18.3. The Morgan fingerprint density at radius 2 is 1.92 bits per heavy atom. The summed E-state index contributed by atoms with van der Waals surface area (Å²) in [6.45, 7) is 4.40. The van der Waals surface area contributed by atoms with Gasteiger partial charge in [0.25, 0.3) is 0 Å². The van der Waals surface area contributed by atoms with Crippen molar-refractivity contribution >= 4 is 16.7 Å². The van der Waals surface area contributed by atoms with Gasteiger partial charge >= 0.3 is 0 Å². The van der Waals surface area contributed by atoms with Gasteiger partial charge in [-0.1, -0.05) is 24.7 Å². The van der Waals surface area contributed by atoms with Crippen molar-refractivity contribution in [3.8, 4) is 11.1 Å². The van der Waals surface area contributed by atoms with Gasteiger partial charge in [-0.05, 0) is 49.2 Å². The predicted octanol–water partition coefficient (Wildman–Crippen LogP) is 5.22. The molecule has 5 nitrogen and oxygen atoms in total. The summed E-state index contributed by atoms with van der Waals surface area (Å²) in [4.78, 5) is 7.55. The van der Waals surface area contributed by atoms with Gasteiger partial charge in [-0.15, -0.1) is 0 Å². The third-order valence-electron chi connectivity index (χ3n) is 4.24. The first kappa shape index (κ1) is 17.7. The number of H-pyrrole nitrogens is 1. The van der Waals surface area contributed by atoms with Crippen LogP contribution in [0, 0.1) is 19.7 Å². The van der Waals surface area contributed by atoms with Gasteiger partial charge in [0.2, 0.25) is 0 Å². The number of fused-ring (bicyclic) bond motifs is 1. The third kappa shape index (κ3) is 3.18. The second kappa shape index (κ2) is 7.00. The van der Waals surface area contributed by atoms with E-state index in [2.05, 4.69) is 20.4 Å². The number of aromatic nitrogens is 3. The minimum absolute atomic E-state index is 0. The first-order valence-electron chi connectivity index (χ1n) is 8.00. The van der Waals surface area contributed by atoms with Crippen LogP contribution in [-0.2, 0) is 6.54 Å². The Morgan fingerprint density at radius 3 is 2.62 bits per heavy atom. The van der Waals surface area contributed by atoms with Gasteiger partial charge in [-0.25, -0.2) is 9.37 Å². The molecule has 6 heteroatoms. The van der Waals surface area contributed by atoms with Crippen molar-refractivity contribution in [3.63, 3.8) is 0 Å². The smallest absolute Gasteiger partial charge is 0.141 e. The molecule has 4 aromatic rings. The Bertz CT molecular complexity index is 1010. The quantitative estimate of drug-likeness (QED) is 0.528. The van der Waals surface area contributed by atoms with Crippen LogP contribution in [-0.4, -0.2) is 15.1 Å². The molecule has 0 aliphatic carbocycles. The lowest BCUT2D eigenvalue weighted by Crippen LogP contribution is -2.00. The molecule has 0 unspecified atom stereocenters. The van der Waals surface area contributed by atoms with E-state index >= 15 is 0 Å². The molecular weight excluding hydrogens is 331 g/mol. The topological polar surface area (TPSA) is 66.7 Å². The Balaban J connectivity index is 0.00000196. The summed E-state index contributed by atoms with van der Waals surface area (Å²) in [6.07, 6.45) is 1.67. The zero-order valence-corrected chi connectivity index (χ0v) is 13.9. The van der Waals surface area contributed by atoms with Crippen LogP contribution < -0.4 is 5.32 Å². The zero-order valence-electron chi connectivity index (χ0n) is 13.9. The number of imidazole rings is 1. The van der Waals surface area contributed by atoms with Crippen molar-refractivity contribution in [2.45, 2.75) is 27.8 Å². The second-order valence-electron chi connectivity index (χ2n) is 6.00. The fraction of sp³-hybridized carbons (Fsp3) is 0.200. The fourth-order valence-corrected chi connectivity index (χ4v) is 3.02. The van der Waals surface area contributed by atoms with Gasteiger partial charge in [0, 0.05) is 12.1 Å². The molecule has 0 radical (unpaired) electrons. The van der Waals surface area contributed by atoms with E-state index in [9.17, 15) is 4.39 Å². The van der Waals surface area contributed by atoms with Gasteiger partial charge in [-0.3, -0.25) is 0 Å². The first-order valence-corrected chi connectivity index (χ1v) is 8.00. The van der Waals surface area contributed by atoms with Crippen LogP contribution in [0.15, 0.2) is 47.2 Å². The Hall–Kier alpha value is -3.15. The summed E-state index contributed by atoms with van der Waals surface area (Å²) in [5, 5.41) is 7.43. The Kier molecular flexibility index (Phi) is 4.75. The van der Waals surface area contributed by atoms with Gasteiger partial charge in [0.1, 0.15) is 17.1 Å². The van der Waals surface area contributed by atoms with Gasteiger partial charge in [0.15, 0.2) is 0 Å². The molecule has 0 atom stereocenters. The van der Waals surface area contributed by atoms with Crippen molar-refractivity contribution in [1.82, 2.24) is 15.1 Å². The fourth-order valence-electron chi connectivity index (χ4n) is 3.02. The van der Waals surface area contributed by atoms with E-state index in [4.69, 9.17) is 4.52 Å². The predicted molar refractivity (Wildman–Crippen MR) is 102 cm³/mol. The van der Waals surface area contributed by atoms with Crippen LogP contribution in [0.3, 0.4) is 0 Å². The van der Waals surface area contributed by atoms with Crippen molar-refractivity contribution in [1.29, 1.82) is 0 Å². The van der Waals surface area contributed by atoms with Crippen LogP contribution in [0.5, 0.6) is 0 Å². The normalized spacial score (nSPS) is 10.7. The number of halogens is 1. The summed E-state index contributed by atoms with van der Waals surface area (Å²) in [5.74, 6) is 0.541. The Labute approximate surface area is 151 Å². The lowest BCUT2D eigenvalue weighted by molar-refractivity contribution is 0.393. The average molecular weight is 352 g/mol. The number of aryl methyl sites for hydroxylation is 2. The largest absolute Gasteiger partial charge is 0.379 e. The SMILES string of the molecule is C.Cc1noc(C)c1-c1cc(NCc2ccc(F)cc2)c2nc[nH]c2c1. The molecule has 134 valence electrons. The molecule has 0 saturated heterocycles. The number of benzene rings is 2. The lowest BCUT2D eigenvalue weighted by atomic mass is 10.0. The van der Waals surface area contributed by atoms with E-state index in [-0.39, 0.29) is 13.2 Å². The van der Waals surface area contributed by atoms with E-state index in [1.54, 1.807) is 18.5 Å². The number of nitrogens with one attached hydrogen (secondary N) is 2. The number of aromatic amines is 1. The molecule has 0 fully saturated rings. The van der Waals surface area contributed by atoms with E-state index in [1.165, 1.54) is 12.1 Å². The van der Waals surface area contributed by atoms with Crippen molar-refractivity contribution in [2.75, 3.05) is 5.32 Å². The molecule has 0 aliphatic rings. The van der Waals surface area contributed by atoms with E-state index in [1.807, 2.05) is 26.0 Å². The standard InChI is InChI=1S/C19H17FN4O.CH4/c1-11-18(12(2)25-24-11)14-7-16(19-17(8-14)22-10-23-19)21-9-13-3-5-15(20)6-4-13;/h3-8,10,21H,9H2,1-2H3,(H,22,23);1H4. The minimum atomic E-state index is -0.237.